The Balaban J connectivity index is 1.47. The number of H-pyrrole nitrogens is 1. The quantitative estimate of drug-likeness (QED) is 0.572. The predicted octanol–water partition coefficient (Wildman–Crippen LogP) is 4.06. The maximum atomic E-state index is 13.2. The lowest BCUT2D eigenvalue weighted by Crippen LogP contribution is -2.36. The maximum Gasteiger partial charge on any atom is 0.270 e. The molecule has 2 aliphatic heterocycles. The van der Waals surface area contributed by atoms with Gasteiger partial charge in [0, 0.05) is 24.6 Å². The number of fused-ring (bicyclic) bond motifs is 1. The van der Waals surface area contributed by atoms with Crippen molar-refractivity contribution in [3.05, 3.63) is 75.8 Å². The molecule has 0 bridgehead atoms. The van der Waals surface area contributed by atoms with Gasteiger partial charge >= 0.3 is 0 Å². The summed E-state index contributed by atoms with van der Waals surface area (Å²) < 4.78 is 13.7. The third-order valence-electron chi connectivity index (χ3n) is 6.19. The maximum absolute atomic E-state index is 13.2. The summed E-state index contributed by atoms with van der Waals surface area (Å²) >= 11 is 1.45. The molecule has 2 atom stereocenters. The summed E-state index contributed by atoms with van der Waals surface area (Å²) in [5.74, 6) is 1.42. The van der Waals surface area contributed by atoms with Gasteiger partial charge in [-0.2, -0.15) is 0 Å². The minimum atomic E-state index is -0.297. The number of aromatic nitrogens is 3. The van der Waals surface area contributed by atoms with Crippen molar-refractivity contribution < 1.29 is 14.3 Å². The number of aromatic amines is 1. The van der Waals surface area contributed by atoms with E-state index in [-0.39, 0.29) is 34.1 Å². The number of nitrogens with zero attached hydrogens (tertiary/aromatic N) is 2. The normalized spacial score (nSPS) is 21.9. The zero-order chi connectivity index (χ0) is 23.7. The second-order valence-corrected chi connectivity index (χ2v) is 10.4. The number of benzene rings is 1. The number of carbonyl (C=O) groups excluding carboxylic acids is 1. The Morgan fingerprint density at radius 2 is 2.15 bits per heavy atom. The second-order valence-electron chi connectivity index (χ2n) is 9.29. The minimum Gasteiger partial charge on any atom is -0.489 e. The first kappa shape index (κ1) is 22.7. The Morgan fingerprint density at radius 3 is 2.94 bits per heavy atom. The third kappa shape index (κ3) is 4.76. The SMILES string of the molecule is CC1(C)C[C@H](n2[nH]c(=O)c3c2NC(=O)CS[C@H]3c2cccc(OCc3cccnc3)c2)CCO1. The van der Waals surface area contributed by atoms with Crippen LogP contribution in [0.5, 0.6) is 5.75 Å². The molecule has 9 heteroatoms. The molecule has 0 saturated carbocycles. The molecule has 1 saturated heterocycles. The van der Waals surface area contributed by atoms with Crippen molar-refractivity contribution >= 4 is 23.5 Å². The second kappa shape index (κ2) is 9.31. The first-order valence-electron chi connectivity index (χ1n) is 11.4. The molecule has 0 spiro atoms. The van der Waals surface area contributed by atoms with Crippen LogP contribution in [0.3, 0.4) is 0 Å². The number of thioether (sulfide) groups is 1. The van der Waals surface area contributed by atoms with Crippen LogP contribution in [0.25, 0.3) is 0 Å². The number of amides is 1. The Bertz CT molecular complexity index is 1240. The summed E-state index contributed by atoms with van der Waals surface area (Å²) in [6.45, 7) is 5.10. The summed E-state index contributed by atoms with van der Waals surface area (Å²) in [5, 5.41) is 5.70. The van der Waals surface area contributed by atoms with E-state index in [0.29, 0.717) is 30.3 Å². The van der Waals surface area contributed by atoms with E-state index in [1.54, 1.807) is 12.4 Å². The molecule has 1 aromatic carbocycles. The van der Waals surface area contributed by atoms with E-state index in [0.717, 1.165) is 24.0 Å². The standard InChI is InChI=1S/C25H28N4O4S/c1-25(2)12-18(8-10-33-25)29-23-21(24(31)28-29)22(34-15-20(30)27-23)17-6-3-7-19(11-17)32-14-16-5-4-9-26-13-16/h3-7,9,11,13,18,22H,8,10,12,14-15H2,1-2H3,(H,27,30)(H,28,31)/t18-,22+/m1/s1. The van der Waals surface area contributed by atoms with Crippen molar-refractivity contribution in [2.45, 2.75) is 50.2 Å². The first-order valence-corrected chi connectivity index (χ1v) is 12.5. The van der Waals surface area contributed by atoms with Crippen LogP contribution in [-0.2, 0) is 16.1 Å². The molecular weight excluding hydrogens is 452 g/mol. The topological polar surface area (TPSA) is 98.2 Å². The van der Waals surface area contributed by atoms with Crippen LogP contribution >= 0.6 is 11.8 Å². The molecule has 4 heterocycles. The molecule has 2 aromatic heterocycles. The number of anilines is 1. The van der Waals surface area contributed by atoms with Gasteiger partial charge in [0.05, 0.1) is 28.2 Å². The average molecular weight is 481 g/mol. The van der Waals surface area contributed by atoms with Gasteiger partial charge in [0.25, 0.3) is 5.56 Å². The number of pyridine rings is 1. The zero-order valence-electron chi connectivity index (χ0n) is 19.2. The molecule has 8 nitrogen and oxygen atoms in total. The van der Waals surface area contributed by atoms with Gasteiger partial charge in [-0.15, -0.1) is 11.8 Å². The monoisotopic (exact) mass is 480 g/mol. The van der Waals surface area contributed by atoms with E-state index in [4.69, 9.17) is 9.47 Å². The Hall–Kier alpha value is -3.04. The van der Waals surface area contributed by atoms with Crippen LogP contribution in [0.1, 0.15) is 54.7 Å². The van der Waals surface area contributed by atoms with Crippen LogP contribution in [0, 0.1) is 0 Å². The van der Waals surface area contributed by atoms with Gasteiger partial charge in [-0.3, -0.25) is 24.4 Å². The fraction of sp³-hybridized carbons (Fsp3) is 0.400. The molecule has 0 aliphatic carbocycles. The van der Waals surface area contributed by atoms with Crippen molar-refractivity contribution in [3.8, 4) is 5.75 Å². The van der Waals surface area contributed by atoms with Crippen LogP contribution in [0.15, 0.2) is 53.6 Å². The highest BCUT2D eigenvalue weighted by Crippen LogP contribution is 2.42. The lowest BCUT2D eigenvalue weighted by molar-refractivity contribution is -0.113. The molecule has 3 aromatic rings. The summed E-state index contributed by atoms with van der Waals surface area (Å²) in [6, 6.07) is 11.6. The molecule has 2 N–H and O–H groups in total. The molecule has 0 radical (unpaired) electrons. The van der Waals surface area contributed by atoms with Crippen LogP contribution in [-0.4, -0.2) is 38.6 Å². The third-order valence-corrected chi connectivity index (χ3v) is 7.46. The highest BCUT2D eigenvalue weighted by atomic mass is 32.2. The van der Waals surface area contributed by atoms with Crippen molar-refractivity contribution in [1.82, 2.24) is 14.8 Å². The Labute approximate surface area is 202 Å². The van der Waals surface area contributed by atoms with Gasteiger partial charge in [-0.05, 0) is 50.5 Å². The van der Waals surface area contributed by atoms with E-state index in [2.05, 4.69) is 15.4 Å². The van der Waals surface area contributed by atoms with Crippen molar-refractivity contribution in [2.24, 2.45) is 0 Å². The first-order chi connectivity index (χ1) is 16.4. The van der Waals surface area contributed by atoms with Crippen LogP contribution in [0.2, 0.25) is 0 Å². The summed E-state index contributed by atoms with van der Waals surface area (Å²) in [5.41, 5.74) is 1.99. The molecule has 1 amide bonds. The lowest BCUT2D eigenvalue weighted by atomic mass is 9.94. The van der Waals surface area contributed by atoms with E-state index in [1.807, 2.05) is 54.9 Å². The number of ether oxygens (including phenoxy) is 2. The molecule has 34 heavy (non-hydrogen) atoms. The largest absolute Gasteiger partial charge is 0.489 e. The van der Waals surface area contributed by atoms with E-state index in [9.17, 15) is 9.59 Å². The number of nitrogens with one attached hydrogen (secondary N) is 2. The fourth-order valence-electron chi connectivity index (χ4n) is 4.62. The number of hydrogen-bond acceptors (Lipinski definition) is 6. The van der Waals surface area contributed by atoms with E-state index < -0.39 is 0 Å². The number of carbonyl (C=O) groups is 1. The van der Waals surface area contributed by atoms with Gasteiger partial charge in [-0.1, -0.05) is 18.2 Å². The van der Waals surface area contributed by atoms with Gasteiger partial charge in [0.1, 0.15) is 18.2 Å². The van der Waals surface area contributed by atoms with Crippen molar-refractivity contribution in [2.75, 3.05) is 17.7 Å². The molecular formula is C25H28N4O4S. The Kier molecular flexibility index (Phi) is 6.22. The van der Waals surface area contributed by atoms with E-state index in [1.165, 1.54) is 11.8 Å². The summed E-state index contributed by atoms with van der Waals surface area (Å²) in [7, 11) is 0. The molecule has 178 valence electrons. The summed E-state index contributed by atoms with van der Waals surface area (Å²) in [4.78, 5) is 29.9. The predicted molar refractivity (Wildman–Crippen MR) is 131 cm³/mol. The van der Waals surface area contributed by atoms with Crippen LogP contribution in [0.4, 0.5) is 5.82 Å². The minimum absolute atomic E-state index is 0.0402. The zero-order valence-corrected chi connectivity index (χ0v) is 20.1. The van der Waals surface area contributed by atoms with Gasteiger partial charge in [0.15, 0.2) is 0 Å². The van der Waals surface area contributed by atoms with Crippen molar-refractivity contribution in [3.63, 3.8) is 0 Å². The van der Waals surface area contributed by atoms with Crippen LogP contribution < -0.4 is 15.6 Å². The van der Waals surface area contributed by atoms with Crippen molar-refractivity contribution in [1.29, 1.82) is 0 Å². The number of rotatable bonds is 5. The van der Waals surface area contributed by atoms with Gasteiger partial charge < -0.3 is 14.8 Å². The van der Waals surface area contributed by atoms with Gasteiger partial charge in [-0.25, -0.2) is 0 Å². The average Bonchev–Trinajstić information content (AvgIpc) is 3.03. The van der Waals surface area contributed by atoms with Gasteiger partial charge in [0.2, 0.25) is 5.91 Å². The molecule has 0 unspecified atom stereocenters. The smallest absolute Gasteiger partial charge is 0.270 e. The lowest BCUT2D eigenvalue weighted by Gasteiger charge is -2.36. The number of hydrogen-bond donors (Lipinski definition) is 2. The fourth-order valence-corrected chi connectivity index (χ4v) is 5.73. The molecule has 2 aliphatic rings. The molecule has 1 fully saturated rings. The molecule has 5 rings (SSSR count). The highest BCUT2D eigenvalue weighted by Gasteiger charge is 2.36. The summed E-state index contributed by atoms with van der Waals surface area (Å²) in [6.07, 6.45) is 5.01. The highest BCUT2D eigenvalue weighted by molar-refractivity contribution is 8.00. The van der Waals surface area contributed by atoms with E-state index >= 15 is 0 Å². The Morgan fingerprint density at radius 1 is 1.26 bits per heavy atom.